The molecule has 0 spiro atoms. The summed E-state index contributed by atoms with van der Waals surface area (Å²) in [6, 6.07) is 7.55. The molecular weight excluding hydrogens is 425 g/mol. The maximum absolute atomic E-state index is 13.3. The lowest BCUT2D eigenvalue weighted by molar-refractivity contribution is -0.123. The summed E-state index contributed by atoms with van der Waals surface area (Å²) in [5, 5.41) is 15.3. The Balaban J connectivity index is 1.33. The number of fused-ring (bicyclic) bond motifs is 1. The van der Waals surface area contributed by atoms with Gasteiger partial charge in [-0.15, -0.1) is 0 Å². The molecule has 0 fully saturated rings. The Labute approximate surface area is 185 Å². The van der Waals surface area contributed by atoms with Crippen molar-refractivity contribution in [3.8, 4) is 5.75 Å². The number of nitrogens with zero attached hydrogens (tertiary/aromatic N) is 1. The Morgan fingerprint density at radius 3 is 2.81 bits per heavy atom. The fourth-order valence-electron chi connectivity index (χ4n) is 3.26. The van der Waals surface area contributed by atoms with Crippen LogP contribution in [0.25, 0.3) is 0 Å². The minimum Gasteiger partial charge on any atom is -0.484 e. The first-order valence-corrected chi connectivity index (χ1v) is 10.6. The highest BCUT2D eigenvalue weighted by atomic mass is 35.5. The second-order valence-corrected chi connectivity index (χ2v) is 7.78. The molecule has 0 saturated carbocycles. The second-order valence-electron chi connectivity index (χ2n) is 7.38. The van der Waals surface area contributed by atoms with Gasteiger partial charge in [0.1, 0.15) is 17.3 Å². The van der Waals surface area contributed by atoms with Crippen LogP contribution in [-0.4, -0.2) is 47.7 Å². The van der Waals surface area contributed by atoms with Crippen molar-refractivity contribution in [2.45, 2.75) is 38.2 Å². The zero-order valence-corrected chi connectivity index (χ0v) is 17.8. The van der Waals surface area contributed by atoms with Gasteiger partial charge in [0.15, 0.2) is 6.61 Å². The van der Waals surface area contributed by atoms with Gasteiger partial charge in [-0.25, -0.2) is 9.37 Å². The zero-order valence-electron chi connectivity index (χ0n) is 17.0. The molecule has 0 bridgehead atoms. The molecule has 1 atom stereocenters. The maximum atomic E-state index is 13.3. The van der Waals surface area contributed by atoms with Crippen LogP contribution in [0.1, 0.15) is 41.0 Å². The summed E-state index contributed by atoms with van der Waals surface area (Å²) in [5.41, 5.74) is 2.52. The van der Waals surface area contributed by atoms with Crippen LogP contribution in [0.3, 0.4) is 0 Å². The van der Waals surface area contributed by atoms with Crippen LogP contribution < -0.4 is 15.4 Å². The van der Waals surface area contributed by atoms with Gasteiger partial charge in [0, 0.05) is 24.8 Å². The molecule has 166 valence electrons. The number of aromatic nitrogens is 1. The molecule has 0 saturated heterocycles. The number of halogens is 2. The molecule has 31 heavy (non-hydrogen) atoms. The predicted octanol–water partition coefficient (Wildman–Crippen LogP) is 2.43. The molecule has 7 nitrogen and oxygen atoms in total. The van der Waals surface area contributed by atoms with Gasteiger partial charge in [0.25, 0.3) is 11.8 Å². The number of aliphatic hydroxyl groups is 1. The first kappa shape index (κ1) is 23.0. The maximum Gasteiger partial charge on any atom is 0.269 e. The van der Waals surface area contributed by atoms with Gasteiger partial charge < -0.3 is 20.5 Å². The standard InChI is InChI=1S/C22H25ClFN3O4/c23-17-7-6-16(11-18(17)24)31-13-21(29)25-10-9-15(28)12-26-22(30)20-8-5-14-3-1-2-4-19(14)27-20/h5-8,11,15,28H,1-4,9-10,12-13H2,(H,25,29)(H,26,30)/t15-/m0/s1. The van der Waals surface area contributed by atoms with E-state index in [0.29, 0.717) is 5.69 Å². The minimum absolute atomic E-state index is 0.0275. The number of ether oxygens (including phenoxy) is 1. The van der Waals surface area contributed by atoms with E-state index in [1.54, 1.807) is 6.07 Å². The van der Waals surface area contributed by atoms with Gasteiger partial charge in [-0.05, 0) is 55.9 Å². The van der Waals surface area contributed by atoms with Crippen LogP contribution in [0.4, 0.5) is 4.39 Å². The summed E-state index contributed by atoms with van der Waals surface area (Å²) in [5.74, 6) is -1.18. The van der Waals surface area contributed by atoms with Crippen LogP contribution >= 0.6 is 11.6 Å². The molecule has 1 aliphatic rings. The number of hydrogen-bond donors (Lipinski definition) is 3. The van der Waals surface area contributed by atoms with E-state index in [1.165, 1.54) is 17.7 Å². The first-order valence-electron chi connectivity index (χ1n) is 10.2. The van der Waals surface area contributed by atoms with Crippen LogP contribution in [0, 0.1) is 5.82 Å². The van der Waals surface area contributed by atoms with Crippen LogP contribution in [0.15, 0.2) is 30.3 Å². The van der Waals surface area contributed by atoms with Crippen molar-refractivity contribution in [2.24, 2.45) is 0 Å². The molecule has 0 radical (unpaired) electrons. The number of pyridine rings is 1. The van der Waals surface area contributed by atoms with Crippen molar-refractivity contribution in [1.82, 2.24) is 15.6 Å². The lowest BCUT2D eigenvalue weighted by Crippen LogP contribution is -2.36. The van der Waals surface area contributed by atoms with Crippen molar-refractivity contribution in [2.75, 3.05) is 19.7 Å². The lowest BCUT2D eigenvalue weighted by Gasteiger charge is -2.16. The van der Waals surface area contributed by atoms with Crippen LogP contribution in [0.5, 0.6) is 5.75 Å². The van der Waals surface area contributed by atoms with Gasteiger partial charge in [-0.2, -0.15) is 0 Å². The molecule has 2 amide bonds. The zero-order chi connectivity index (χ0) is 22.2. The number of amides is 2. The van der Waals surface area contributed by atoms with E-state index in [2.05, 4.69) is 15.6 Å². The molecule has 3 rings (SSSR count). The average molecular weight is 450 g/mol. The monoisotopic (exact) mass is 449 g/mol. The molecule has 1 aliphatic carbocycles. The van der Waals surface area contributed by atoms with E-state index in [0.717, 1.165) is 37.4 Å². The van der Waals surface area contributed by atoms with Gasteiger partial charge in [0.05, 0.1) is 11.1 Å². The van der Waals surface area contributed by atoms with E-state index in [9.17, 15) is 19.1 Å². The first-order chi connectivity index (χ1) is 14.9. The van der Waals surface area contributed by atoms with Crippen molar-refractivity contribution < 1.29 is 23.8 Å². The minimum atomic E-state index is -0.826. The highest BCUT2D eigenvalue weighted by Crippen LogP contribution is 2.20. The molecular formula is C22H25ClFN3O4. The Kier molecular flexibility index (Phi) is 8.20. The smallest absolute Gasteiger partial charge is 0.269 e. The molecule has 1 heterocycles. The third-order valence-electron chi connectivity index (χ3n) is 4.97. The normalized spacial score (nSPS) is 13.8. The topological polar surface area (TPSA) is 101 Å². The second kappa shape index (κ2) is 11.1. The summed E-state index contributed by atoms with van der Waals surface area (Å²) in [6.45, 7) is -0.0444. The van der Waals surface area contributed by atoms with E-state index in [1.807, 2.05) is 6.07 Å². The van der Waals surface area contributed by atoms with E-state index in [4.69, 9.17) is 16.3 Å². The quantitative estimate of drug-likeness (QED) is 0.546. The summed E-state index contributed by atoms with van der Waals surface area (Å²) < 4.78 is 18.5. The van der Waals surface area contributed by atoms with Crippen molar-refractivity contribution in [1.29, 1.82) is 0 Å². The molecule has 3 N–H and O–H groups in total. The highest BCUT2D eigenvalue weighted by Gasteiger charge is 2.15. The molecule has 2 aromatic rings. The Hall–Kier alpha value is -2.71. The van der Waals surface area contributed by atoms with Crippen molar-refractivity contribution in [3.05, 3.63) is 58.1 Å². The fraction of sp³-hybridized carbons (Fsp3) is 0.409. The number of carbonyl (C=O) groups is 2. The number of rotatable bonds is 9. The van der Waals surface area contributed by atoms with Gasteiger partial charge >= 0.3 is 0 Å². The number of hydrogen-bond acceptors (Lipinski definition) is 5. The molecule has 1 aromatic heterocycles. The van der Waals surface area contributed by atoms with Gasteiger partial charge in [0.2, 0.25) is 0 Å². The van der Waals surface area contributed by atoms with Crippen LogP contribution in [0.2, 0.25) is 5.02 Å². The third kappa shape index (κ3) is 6.90. The van der Waals surface area contributed by atoms with Crippen LogP contribution in [-0.2, 0) is 17.6 Å². The number of aryl methyl sites for hydroxylation is 2. The molecule has 0 unspecified atom stereocenters. The number of carbonyl (C=O) groups excluding carboxylic acids is 2. The lowest BCUT2D eigenvalue weighted by atomic mass is 9.96. The Bertz CT molecular complexity index is 941. The number of nitrogens with one attached hydrogen (secondary N) is 2. The fourth-order valence-corrected chi connectivity index (χ4v) is 3.37. The molecule has 0 aliphatic heterocycles. The van der Waals surface area contributed by atoms with Gasteiger partial charge in [-0.1, -0.05) is 17.7 Å². The summed E-state index contributed by atoms with van der Waals surface area (Å²) >= 11 is 5.59. The van der Waals surface area contributed by atoms with Crippen molar-refractivity contribution in [3.63, 3.8) is 0 Å². The Morgan fingerprint density at radius 1 is 1.19 bits per heavy atom. The van der Waals surface area contributed by atoms with E-state index >= 15 is 0 Å². The van der Waals surface area contributed by atoms with Gasteiger partial charge in [-0.3, -0.25) is 9.59 Å². The number of aliphatic hydroxyl groups excluding tert-OH is 1. The summed E-state index contributed by atoms with van der Waals surface area (Å²) in [4.78, 5) is 28.5. The van der Waals surface area contributed by atoms with E-state index in [-0.39, 0.29) is 42.8 Å². The average Bonchev–Trinajstić information content (AvgIpc) is 2.78. The van der Waals surface area contributed by atoms with Crippen molar-refractivity contribution >= 4 is 23.4 Å². The summed E-state index contributed by atoms with van der Waals surface area (Å²) in [6.07, 6.45) is 3.53. The SMILES string of the molecule is O=C(COc1ccc(Cl)c(F)c1)NCC[C@H](O)CNC(=O)c1ccc2c(n1)CCCC2. The molecule has 9 heteroatoms. The summed E-state index contributed by atoms with van der Waals surface area (Å²) in [7, 11) is 0. The molecule has 1 aromatic carbocycles. The Morgan fingerprint density at radius 2 is 2.00 bits per heavy atom. The van der Waals surface area contributed by atoms with E-state index < -0.39 is 17.8 Å². The number of benzene rings is 1. The largest absolute Gasteiger partial charge is 0.484 e. The highest BCUT2D eigenvalue weighted by molar-refractivity contribution is 6.30. The predicted molar refractivity (Wildman–Crippen MR) is 114 cm³/mol. The third-order valence-corrected chi connectivity index (χ3v) is 5.28.